The molecule has 0 saturated carbocycles. The van der Waals surface area contributed by atoms with Crippen molar-refractivity contribution in [3.05, 3.63) is 21.0 Å². The Labute approximate surface area is 129 Å². The Bertz CT molecular complexity index is 512. The van der Waals surface area contributed by atoms with Gasteiger partial charge in [0, 0.05) is 12.1 Å². The second-order valence-electron chi connectivity index (χ2n) is 6.20. The molecule has 3 N–H and O–H groups in total. The second kappa shape index (κ2) is 6.72. The van der Waals surface area contributed by atoms with E-state index in [0.717, 1.165) is 6.42 Å². The molecule has 0 aliphatic rings. The maximum Gasteiger partial charge on any atom is 0.283 e. The van der Waals surface area contributed by atoms with Crippen molar-refractivity contribution in [2.24, 2.45) is 11.7 Å². The number of nitrogens with zero attached hydrogens (tertiary/aromatic N) is 2. The van der Waals surface area contributed by atoms with Gasteiger partial charge in [0.05, 0.1) is 17.9 Å². The third-order valence-corrected chi connectivity index (χ3v) is 3.94. The summed E-state index contributed by atoms with van der Waals surface area (Å²) in [5, 5.41) is 7.57. The lowest BCUT2D eigenvalue weighted by atomic mass is 9.90. The SMILES string of the molecule is CC(C)CC(C)(CN)Nc1cnn(C(C)C)c(=O)c1Br. The number of rotatable bonds is 6. The van der Waals surface area contributed by atoms with Crippen molar-refractivity contribution >= 4 is 21.6 Å². The molecule has 1 aromatic heterocycles. The van der Waals surface area contributed by atoms with Gasteiger partial charge in [0.2, 0.25) is 0 Å². The first-order valence-electron chi connectivity index (χ1n) is 6.95. The molecule has 1 rings (SSSR count). The van der Waals surface area contributed by atoms with Crippen molar-refractivity contribution in [1.29, 1.82) is 0 Å². The summed E-state index contributed by atoms with van der Waals surface area (Å²) in [6.07, 6.45) is 2.60. The molecule has 5 nitrogen and oxygen atoms in total. The highest BCUT2D eigenvalue weighted by atomic mass is 79.9. The molecule has 1 heterocycles. The fourth-order valence-electron chi connectivity index (χ4n) is 2.31. The molecule has 0 fully saturated rings. The number of aromatic nitrogens is 2. The van der Waals surface area contributed by atoms with Gasteiger partial charge in [-0.15, -0.1) is 0 Å². The van der Waals surface area contributed by atoms with Gasteiger partial charge in [0.15, 0.2) is 0 Å². The molecule has 1 atom stereocenters. The summed E-state index contributed by atoms with van der Waals surface area (Å²) >= 11 is 3.37. The number of hydrogen-bond acceptors (Lipinski definition) is 4. The molecule has 0 spiro atoms. The van der Waals surface area contributed by atoms with Gasteiger partial charge in [-0.3, -0.25) is 4.79 Å². The number of halogens is 1. The van der Waals surface area contributed by atoms with Gasteiger partial charge >= 0.3 is 0 Å². The lowest BCUT2D eigenvalue weighted by Crippen LogP contribution is -2.44. The lowest BCUT2D eigenvalue weighted by molar-refractivity contribution is 0.406. The maximum atomic E-state index is 12.2. The molecule has 0 aliphatic carbocycles. The molecule has 0 aliphatic heterocycles. The van der Waals surface area contributed by atoms with Gasteiger partial charge in [-0.05, 0) is 49.0 Å². The Balaban J connectivity index is 3.10. The van der Waals surface area contributed by atoms with Crippen LogP contribution in [0.5, 0.6) is 0 Å². The monoisotopic (exact) mass is 344 g/mol. The zero-order chi connectivity index (χ0) is 15.5. The lowest BCUT2D eigenvalue weighted by Gasteiger charge is -2.32. The van der Waals surface area contributed by atoms with Crippen LogP contribution in [0.3, 0.4) is 0 Å². The molecule has 1 unspecified atom stereocenters. The van der Waals surface area contributed by atoms with Crippen LogP contribution in [0.1, 0.15) is 47.1 Å². The average Bonchev–Trinajstić information content (AvgIpc) is 2.34. The van der Waals surface area contributed by atoms with Gasteiger partial charge in [-0.2, -0.15) is 5.10 Å². The smallest absolute Gasteiger partial charge is 0.283 e. The van der Waals surface area contributed by atoms with Crippen LogP contribution < -0.4 is 16.6 Å². The minimum Gasteiger partial charge on any atom is -0.376 e. The molecule has 114 valence electrons. The third-order valence-electron chi connectivity index (χ3n) is 3.18. The molecule has 0 aromatic carbocycles. The third kappa shape index (κ3) is 4.06. The van der Waals surface area contributed by atoms with Crippen LogP contribution in [0, 0.1) is 5.92 Å². The minimum atomic E-state index is -0.255. The Morgan fingerprint density at radius 1 is 1.45 bits per heavy atom. The van der Waals surface area contributed by atoms with Crippen LogP contribution in [-0.2, 0) is 0 Å². The Morgan fingerprint density at radius 2 is 2.05 bits per heavy atom. The summed E-state index contributed by atoms with van der Waals surface area (Å²) in [6, 6.07) is 0.0319. The molecular formula is C14H25BrN4O. The summed E-state index contributed by atoms with van der Waals surface area (Å²) in [5.74, 6) is 0.513. The Morgan fingerprint density at radius 3 is 2.50 bits per heavy atom. The molecule has 0 radical (unpaired) electrons. The van der Waals surface area contributed by atoms with E-state index >= 15 is 0 Å². The molecule has 0 saturated heterocycles. The predicted molar refractivity (Wildman–Crippen MR) is 87.1 cm³/mol. The van der Waals surface area contributed by atoms with E-state index in [9.17, 15) is 4.79 Å². The molecular weight excluding hydrogens is 320 g/mol. The van der Waals surface area contributed by atoms with E-state index in [2.05, 4.69) is 47.1 Å². The van der Waals surface area contributed by atoms with E-state index in [0.29, 0.717) is 22.6 Å². The average molecular weight is 345 g/mol. The van der Waals surface area contributed by atoms with E-state index in [4.69, 9.17) is 5.73 Å². The highest BCUT2D eigenvalue weighted by molar-refractivity contribution is 9.10. The van der Waals surface area contributed by atoms with E-state index in [1.807, 2.05) is 13.8 Å². The van der Waals surface area contributed by atoms with Crippen molar-refractivity contribution in [2.45, 2.75) is 52.6 Å². The maximum absolute atomic E-state index is 12.2. The van der Waals surface area contributed by atoms with E-state index < -0.39 is 0 Å². The van der Waals surface area contributed by atoms with Crippen molar-refractivity contribution in [3.63, 3.8) is 0 Å². The summed E-state index contributed by atoms with van der Waals surface area (Å²) in [6.45, 7) is 10.7. The van der Waals surface area contributed by atoms with Crippen LogP contribution >= 0.6 is 15.9 Å². The van der Waals surface area contributed by atoms with Crippen LogP contribution in [-0.4, -0.2) is 21.9 Å². The Kier molecular flexibility index (Phi) is 5.77. The summed E-state index contributed by atoms with van der Waals surface area (Å²) in [4.78, 5) is 12.2. The quantitative estimate of drug-likeness (QED) is 0.832. The normalized spacial score (nSPS) is 14.7. The largest absolute Gasteiger partial charge is 0.376 e. The minimum absolute atomic E-state index is 0.0319. The predicted octanol–water partition coefficient (Wildman–Crippen LogP) is 2.76. The highest BCUT2D eigenvalue weighted by Gasteiger charge is 2.25. The summed E-state index contributed by atoms with van der Waals surface area (Å²) in [5.41, 5.74) is 6.20. The van der Waals surface area contributed by atoms with E-state index in [1.54, 1.807) is 6.20 Å². The number of nitrogens with one attached hydrogen (secondary N) is 1. The van der Waals surface area contributed by atoms with Crippen molar-refractivity contribution in [3.8, 4) is 0 Å². The van der Waals surface area contributed by atoms with Gasteiger partial charge in [-0.1, -0.05) is 13.8 Å². The van der Waals surface area contributed by atoms with E-state index in [-0.39, 0.29) is 17.1 Å². The van der Waals surface area contributed by atoms with Crippen molar-refractivity contribution < 1.29 is 0 Å². The molecule has 0 bridgehead atoms. The van der Waals surface area contributed by atoms with Crippen LogP contribution in [0.25, 0.3) is 0 Å². The topological polar surface area (TPSA) is 72.9 Å². The van der Waals surface area contributed by atoms with Crippen LogP contribution in [0.2, 0.25) is 0 Å². The fourth-order valence-corrected chi connectivity index (χ4v) is 2.69. The Hall–Kier alpha value is -0.880. The first-order chi connectivity index (χ1) is 9.20. The first kappa shape index (κ1) is 17.2. The number of nitrogens with two attached hydrogens (primary N) is 1. The van der Waals surface area contributed by atoms with Crippen molar-refractivity contribution in [2.75, 3.05) is 11.9 Å². The van der Waals surface area contributed by atoms with Gasteiger partial charge < -0.3 is 11.1 Å². The second-order valence-corrected chi connectivity index (χ2v) is 7.00. The van der Waals surface area contributed by atoms with Crippen LogP contribution in [0.15, 0.2) is 15.5 Å². The molecule has 6 heteroatoms. The fraction of sp³-hybridized carbons (Fsp3) is 0.714. The summed E-state index contributed by atoms with van der Waals surface area (Å²) in [7, 11) is 0. The van der Waals surface area contributed by atoms with Crippen LogP contribution in [0.4, 0.5) is 5.69 Å². The number of anilines is 1. The highest BCUT2D eigenvalue weighted by Crippen LogP contribution is 2.25. The van der Waals surface area contributed by atoms with Gasteiger partial charge in [-0.25, -0.2) is 4.68 Å². The van der Waals surface area contributed by atoms with Crippen molar-refractivity contribution in [1.82, 2.24) is 9.78 Å². The zero-order valence-corrected chi connectivity index (χ0v) is 14.5. The summed E-state index contributed by atoms with van der Waals surface area (Å²) < 4.78 is 1.96. The molecule has 0 amide bonds. The van der Waals surface area contributed by atoms with Gasteiger partial charge in [0.1, 0.15) is 4.47 Å². The zero-order valence-electron chi connectivity index (χ0n) is 12.9. The van der Waals surface area contributed by atoms with E-state index in [1.165, 1.54) is 4.68 Å². The molecule has 1 aromatic rings. The molecule has 20 heavy (non-hydrogen) atoms. The number of hydrogen-bond donors (Lipinski definition) is 2. The van der Waals surface area contributed by atoms with Gasteiger partial charge in [0.25, 0.3) is 5.56 Å². The standard InChI is InChI=1S/C14H25BrN4O/c1-9(2)6-14(5,8-16)18-11-7-17-19(10(3)4)13(20)12(11)15/h7,9-10,18H,6,8,16H2,1-5H3. The first-order valence-corrected chi connectivity index (χ1v) is 7.75.